The number of anilines is 1. The molecule has 3 rings (SSSR count). The van der Waals surface area contributed by atoms with Gasteiger partial charge in [-0.2, -0.15) is 0 Å². The van der Waals surface area contributed by atoms with E-state index in [1.807, 2.05) is 12.5 Å². The molecule has 2 atom stereocenters. The third-order valence-corrected chi connectivity index (χ3v) is 5.70. The maximum atomic E-state index is 4.98. The topological polar surface area (TPSA) is 48.7 Å². The molecule has 7 heteroatoms. The van der Waals surface area contributed by atoms with Gasteiger partial charge in [0, 0.05) is 51.8 Å². The SMILES string of the molecule is CCNC(=NCc1ccc(N(C)C)cc1C)N1CCC(C)C(n2ccnc2)C1.I. The number of imidazole rings is 1. The number of aryl methyl sites for hydroxylation is 1. The maximum Gasteiger partial charge on any atom is 0.194 e. The molecular formula is C22H35IN6. The molecule has 2 heterocycles. The van der Waals surface area contributed by atoms with Crippen molar-refractivity contribution in [3.8, 4) is 0 Å². The summed E-state index contributed by atoms with van der Waals surface area (Å²) in [5, 5.41) is 3.50. The Labute approximate surface area is 192 Å². The Morgan fingerprint density at radius 1 is 1.34 bits per heavy atom. The summed E-state index contributed by atoms with van der Waals surface area (Å²) >= 11 is 0. The molecule has 1 saturated heterocycles. The second-order valence-electron chi connectivity index (χ2n) is 7.96. The third kappa shape index (κ3) is 5.87. The number of nitrogens with zero attached hydrogens (tertiary/aromatic N) is 5. The normalized spacial score (nSPS) is 19.6. The Morgan fingerprint density at radius 3 is 2.76 bits per heavy atom. The molecule has 0 amide bonds. The molecule has 1 aromatic carbocycles. The fourth-order valence-corrected chi connectivity index (χ4v) is 3.82. The summed E-state index contributed by atoms with van der Waals surface area (Å²) in [6, 6.07) is 7.03. The van der Waals surface area contributed by atoms with E-state index in [1.165, 1.54) is 16.8 Å². The van der Waals surface area contributed by atoms with Gasteiger partial charge in [-0.3, -0.25) is 0 Å². The summed E-state index contributed by atoms with van der Waals surface area (Å²) in [7, 11) is 4.15. The zero-order valence-corrected chi connectivity index (χ0v) is 20.6. The number of aliphatic imine (C=N–C) groups is 1. The fourth-order valence-electron chi connectivity index (χ4n) is 3.82. The Bertz CT molecular complexity index is 787. The van der Waals surface area contributed by atoms with E-state index in [9.17, 15) is 0 Å². The van der Waals surface area contributed by atoms with Crippen molar-refractivity contribution in [1.29, 1.82) is 0 Å². The molecule has 1 fully saturated rings. The molecule has 0 radical (unpaired) electrons. The molecule has 1 aromatic heterocycles. The molecule has 0 spiro atoms. The van der Waals surface area contributed by atoms with Crippen molar-refractivity contribution in [2.45, 2.75) is 39.8 Å². The van der Waals surface area contributed by atoms with E-state index < -0.39 is 0 Å². The van der Waals surface area contributed by atoms with Crippen molar-refractivity contribution in [3.05, 3.63) is 48.0 Å². The molecule has 0 saturated carbocycles. The van der Waals surface area contributed by atoms with E-state index in [0.29, 0.717) is 18.5 Å². The van der Waals surface area contributed by atoms with Crippen LogP contribution in [0.2, 0.25) is 0 Å². The summed E-state index contributed by atoms with van der Waals surface area (Å²) in [5.74, 6) is 1.64. The minimum absolute atomic E-state index is 0. The Balaban J connectivity index is 0.00000300. The van der Waals surface area contributed by atoms with Crippen LogP contribution in [0, 0.1) is 12.8 Å². The molecule has 6 nitrogen and oxygen atoms in total. The Morgan fingerprint density at radius 2 is 2.14 bits per heavy atom. The van der Waals surface area contributed by atoms with Crippen LogP contribution in [0.5, 0.6) is 0 Å². The molecule has 160 valence electrons. The lowest BCUT2D eigenvalue weighted by atomic mass is 9.93. The molecule has 0 aliphatic carbocycles. The maximum absolute atomic E-state index is 4.98. The van der Waals surface area contributed by atoms with Crippen molar-refractivity contribution >= 4 is 35.6 Å². The number of nitrogens with one attached hydrogen (secondary N) is 1. The predicted octanol–water partition coefficient (Wildman–Crippen LogP) is 3.92. The van der Waals surface area contributed by atoms with Crippen LogP contribution in [0.25, 0.3) is 0 Å². The number of piperidine rings is 1. The monoisotopic (exact) mass is 510 g/mol. The van der Waals surface area contributed by atoms with Gasteiger partial charge in [-0.05, 0) is 49.4 Å². The summed E-state index contributed by atoms with van der Waals surface area (Å²) in [4.78, 5) is 13.7. The molecule has 1 N–H and O–H groups in total. The van der Waals surface area contributed by atoms with Crippen LogP contribution in [0.4, 0.5) is 5.69 Å². The van der Waals surface area contributed by atoms with Crippen LogP contribution in [-0.4, -0.2) is 54.1 Å². The first-order valence-corrected chi connectivity index (χ1v) is 10.3. The number of guanidine groups is 1. The number of halogens is 1. The van der Waals surface area contributed by atoms with Gasteiger partial charge in [0.25, 0.3) is 0 Å². The van der Waals surface area contributed by atoms with Crippen LogP contribution in [0.1, 0.15) is 37.4 Å². The van der Waals surface area contributed by atoms with Crippen molar-refractivity contribution in [1.82, 2.24) is 19.8 Å². The summed E-state index contributed by atoms with van der Waals surface area (Å²) in [6.45, 7) is 10.2. The summed E-state index contributed by atoms with van der Waals surface area (Å²) in [5.41, 5.74) is 3.79. The third-order valence-electron chi connectivity index (χ3n) is 5.70. The number of aromatic nitrogens is 2. The van der Waals surface area contributed by atoms with E-state index in [1.54, 1.807) is 0 Å². The molecule has 29 heavy (non-hydrogen) atoms. The number of likely N-dealkylation sites (tertiary alicyclic amines) is 1. The highest BCUT2D eigenvalue weighted by molar-refractivity contribution is 14.0. The van der Waals surface area contributed by atoms with Gasteiger partial charge in [-0.15, -0.1) is 24.0 Å². The summed E-state index contributed by atoms with van der Waals surface area (Å²) in [6.07, 6.45) is 7.03. The standard InChI is InChI=1S/C22H34N6.HI/c1-6-24-22(25-14-19-7-8-20(26(4)5)13-18(19)3)27-11-9-17(2)21(15-27)28-12-10-23-16-28;/h7-8,10,12-13,16-17,21H,6,9,11,14-15H2,1-5H3,(H,24,25);1H. The van der Waals surface area contributed by atoms with Crippen molar-refractivity contribution in [2.24, 2.45) is 10.9 Å². The van der Waals surface area contributed by atoms with Crippen molar-refractivity contribution in [2.75, 3.05) is 38.6 Å². The highest BCUT2D eigenvalue weighted by Gasteiger charge is 2.28. The zero-order valence-electron chi connectivity index (χ0n) is 18.3. The van der Waals surface area contributed by atoms with Crippen LogP contribution in [0.15, 0.2) is 41.9 Å². The first-order chi connectivity index (χ1) is 13.5. The highest BCUT2D eigenvalue weighted by Crippen LogP contribution is 2.27. The van der Waals surface area contributed by atoms with Gasteiger partial charge < -0.3 is 19.7 Å². The van der Waals surface area contributed by atoms with Gasteiger partial charge in [-0.25, -0.2) is 9.98 Å². The van der Waals surface area contributed by atoms with Crippen LogP contribution < -0.4 is 10.2 Å². The van der Waals surface area contributed by atoms with E-state index in [4.69, 9.17) is 4.99 Å². The van der Waals surface area contributed by atoms with Gasteiger partial charge in [0.2, 0.25) is 0 Å². The second kappa shape index (κ2) is 10.8. The predicted molar refractivity (Wildman–Crippen MR) is 132 cm³/mol. The van der Waals surface area contributed by atoms with E-state index >= 15 is 0 Å². The molecular weight excluding hydrogens is 475 g/mol. The van der Waals surface area contributed by atoms with E-state index in [-0.39, 0.29) is 24.0 Å². The van der Waals surface area contributed by atoms with E-state index in [2.05, 4.69) is 83.9 Å². The lowest BCUT2D eigenvalue weighted by Gasteiger charge is -2.39. The fraction of sp³-hybridized carbons (Fsp3) is 0.545. The molecule has 0 bridgehead atoms. The molecule has 2 aromatic rings. The largest absolute Gasteiger partial charge is 0.378 e. The molecule has 2 unspecified atom stereocenters. The van der Waals surface area contributed by atoms with Gasteiger partial charge >= 0.3 is 0 Å². The number of rotatable bonds is 5. The summed E-state index contributed by atoms with van der Waals surface area (Å²) < 4.78 is 2.24. The smallest absolute Gasteiger partial charge is 0.194 e. The van der Waals surface area contributed by atoms with Crippen LogP contribution in [0.3, 0.4) is 0 Å². The average molecular weight is 510 g/mol. The van der Waals surface area contributed by atoms with Crippen LogP contribution in [-0.2, 0) is 6.54 Å². The zero-order chi connectivity index (χ0) is 20.1. The lowest BCUT2D eigenvalue weighted by molar-refractivity contribution is 0.189. The second-order valence-corrected chi connectivity index (χ2v) is 7.96. The van der Waals surface area contributed by atoms with Crippen LogP contribution >= 0.6 is 24.0 Å². The van der Waals surface area contributed by atoms with Gasteiger partial charge in [0.1, 0.15) is 0 Å². The quantitative estimate of drug-likeness (QED) is 0.377. The van der Waals surface area contributed by atoms with Crippen molar-refractivity contribution in [3.63, 3.8) is 0 Å². The average Bonchev–Trinajstić information content (AvgIpc) is 3.21. The van der Waals surface area contributed by atoms with Crippen molar-refractivity contribution < 1.29 is 0 Å². The highest BCUT2D eigenvalue weighted by atomic mass is 127. The number of hydrogen-bond acceptors (Lipinski definition) is 3. The number of hydrogen-bond donors (Lipinski definition) is 1. The Hall–Kier alpha value is -1.77. The molecule has 1 aliphatic rings. The van der Waals surface area contributed by atoms with Gasteiger partial charge in [0.05, 0.1) is 18.9 Å². The molecule has 1 aliphatic heterocycles. The van der Waals surface area contributed by atoms with E-state index in [0.717, 1.165) is 32.0 Å². The van der Waals surface area contributed by atoms with Gasteiger partial charge in [0.15, 0.2) is 5.96 Å². The number of benzene rings is 1. The van der Waals surface area contributed by atoms with Gasteiger partial charge in [-0.1, -0.05) is 13.0 Å². The first-order valence-electron chi connectivity index (χ1n) is 10.3. The lowest BCUT2D eigenvalue weighted by Crippen LogP contribution is -2.49. The minimum atomic E-state index is 0. The minimum Gasteiger partial charge on any atom is -0.378 e. The first kappa shape index (κ1) is 23.5. The Kier molecular flexibility index (Phi) is 8.79.